The predicted octanol–water partition coefficient (Wildman–Crippen LogP) is 1.16. The Morgan fingerprint density at radius 3 is 3.11 bits per heavy atom. The molecule has 0 radical (unpaired) electrons. The lowest BCUT2D eigenvalue weighted by molar-refractivity contribution is -0.130. The van der Waals surface area contributed by atoms with E-state index in [1.807, 2.05) is 0 Å². The summed E-state index contributed by atoms with van der Waals surface area (Å²) in [6.45, 7) is 2.26. The molecule has 0 bridgehead atoms. The largest absolute Gasteiger partial charge is 0.496 e. The number of nitrogens with one attached hydrogen (secondary N) is 1. The normalized spacial score (nSPS) is 16.6. The van der Waals surface area contributed by atoms with Crippen LogP contribution in [0.4, 0.5) is 4.39 Å². The molecule has 0 spiro atoms. The number of halogens is 1. The molecular weight excluding hydrogens is 235 g/mol. The number of carbonyl (C=O) groups is 1. The third kappa shape index (κ3) is 2.98. The molecule has 98 valence electrons. The van der Waals surface area contributed by atoms with E-state index in [0.717, 1.165) is 13.0 Å². The highest BCUT2D eigenvalue weighted by molar-refractivity contribution is 5.78. The number of ether oxygens (including phenoxy) is 1. The van der Waals surface area contributed by atoms with Gasteiger partial charge < -0.3 is 15.0 Å². The van der Waals surface area contributed by atoms with Crippen LogP contribution in [0.25, 0.3) is 0 Å². The lowest BCUT2D eigenvalue weighted by atomic mass is 10.1. The molecule has 1 saturated heterocycles. The molecule has 1 aromatic rings. The monoisotopic (exact) mass is 252 g/mol. The molecule has 1 aliphatic heterocycles. The minimum Gasteiger partial charge on any atom is -0.496 e. The lowest BCUT2D eigenvalue weighted by Gasteiger charge is -2.21. The Morgan fingerprint density at radius 2 is 2.33 bits per heavy atom. The average molecular weight is 252 g/mol. The van der Waals surface area contributed by atoms with Crippen LogP contribution in [0, 0.1) is 5.82 Å². The van der Waals surface area contributed by atoms with Gasteiger partial charge in [0.15, 0.2) is 0 Å². The summed E-state index contributed by atoms with van der Waals surface area (Å²) >= 11 is 0. The van der Waals surface area contributed by atoms with Crippen molar-refractivity contribution in [2.24, 2.45) is 0 Å². The van der Waals surface area contributed by atoms with Crippen LogP contribution < -0.4 is 10.1 Å². The highest BCUT2D eigenvalue weighted by Gasteiger charge is 2.18. The third-order valence-electron chi connectivity index (χ3n) is 3.01. The maximum atomic E-state index is 13.2. The molecule has 0 aromatic heterocycles. The summed E-state index contributed by atoms with van der Waals surface area (Å²) in [7, 11) is 1.54. The maximum absolute atomic E-state index is 13.2. The number of benzene rings is 1. The van der Waals surface area contributed by atoms with Crippen molar-refractivity contribution in [3.05, 3.63) is 29.6 Å². The number of hydrogen-bond donors (Lipinski definition) is 1. The second-order valence-corrected chi connectivity index (χ2v) is 4.30. The molecule has 0 saturated carbocycles. The van der Waals surface area contributed by atoms with Gasteiger partial charge in [-0.25, -0.2) is 4.39 Å². The quantitative estimate of drug-likeness (QED) is 0.877. The molecular formula is C13H17FN2O2. The van der Waals surface area contributed by atoms with Crippen molar-refractivity contribution in [2.45, 2.75) is 13.0 Å². The SMILES string of the molecule is COc1ccc(F)cc1CN1CCCNCC1=O. The molecule has 18 heavy (non-hydrogen) atoms. The minimum atomic E-state index is -0.314. The van der Waals surface area contributed by atoms with Gasteiger partial charge in [-0.15, -0.1) is 0 Å². The van der Waals surface area contributed by atoms with E-state index in [1.165, 1.54) is 12.1 Å². The number of nitrogens with zero attached hydrogens (tertiary/aromatic N) is 1. The Hall–Kier alpha value is -1.62. The van der Waals surface area contributed by atoms with Crippen molar-refractivity contribution in [3.63, 3.8) is 0 Å². The van der Waals surface area contributed by atoms with Crippen molar-refractivity contribution in [1.29, 1.82) is 0 Å². The van der Waals surface area contributed by atoms with Crippen LogP contribution in [-0.4, -0.2) is 37.6 Å². The summed E-state index contributed by atoms with van der Waals surface area (Å²) < 4.78 is 18.4. The summed E-state index contributed by atoms with van der Waals surface area (Å²) in [6, 6.07) is 4.36. The highest BCUT2D eigenvalue weighted by Crippen LogP contribution is 2.21. The number of amides is 1. The van der Waals surface area contributed by atoms with Gasteiger partial charge in [-0.1, -0.05) is 0 Å². The molecule has 0 unspecified atom stereocenters. The van der Waals surface area contributed by atoms with Gasteiger partial charge in [0, 0.05) is 18.7 Å². The third-order valence-corrected chi connectivity index (χ3v) is 3.01. The van der Waals surface area contributed by atoms with Gasteiger partial charge in [-0.2, -0.15) is 0 Å². The van der Waals surface area contributed by atoms with Crippen LogP contribution in [0.15, 0.2) is 18.2 Å². The zero-order valence-corrected chi connectivity index (χ0v) is 10.4. The molecule has 4 nitrogen and oxygen atoms in total. The fourth-order valence-corrected chi connectivity index (χ4v) is 2.07. The molecule has 0 atom stereocenters. The van der Waals surface area contributed by atoms with E-state index in [4.69, 9.17) is 4.74 Å². The summed E-state index contributed by atoms with van der Waals surface area (Å²) in [4.78, 5) is 13.6. The van der Waals surface area contributed by atoms with Gasteiger partial charge in [0.2, 0.25) is 5.91 Å². The fraction of sp³-hybridized carbons (Fsp3) is 0.462. The molecule has 1 aromatic carbocycles. The Morgan fingerprint density at radius 1 is 1.50 bits per heavy atom. The molecule has 1 amide bonds. The van der Waals surface area contributed by atoms with E-state index in [1.54, 1.807) is 18.1 Å². The summed E-state index contributed by atoms with van der Waals surface area (Å²) in [5.41, 5.74) is 0.702. The first-order valence-corrected chi connectivity index (χ1v) is 6.01. The first-order valence-electron chi connectivity index (χ1n) is 6.01. The fourth-order valence-electron chi connectivity index (χ4n) is 2.07. The van der Waals surface area contributed by atoms with Crippen LogP contribution >= 0.6 is 0 Å². The van der Waals surface area contributed by atoms with E-state index >= 15 is 0 Å². The summed E-state index contributed by atoms with van der Waals surface area (Å²) in [5, 5.41) is 3.06. The van der Waals surface area contributed by atoms with Gasteiger partial charge in [-0.05, 0) is 31.2 Å². The molecule has 2 rings (SSSR count). The first-order chi connectivity index (χ1) is 8.70. The Bertz CT molecular complexity index is 437. The first kappa shape index (κ1) is 12.8. The van der Waals surface area contributed by atoms with Gasteiger partial charge in [-0.3, -0.25) is 4.79 Å². The van der Waals surface area contributed by atoms with Crippen molar-refractivity contribution in [1.82, 2.24) is 10.2 Å². The van der Waals surface area contributed by atoms with Gasteiger partial charge >= 0.3 is 0 Å². The molecule has 1 fully saturated rings. The van der Waals surface area contributed by atoms with Crippen molar-refractivity contribution in [3.8, 4) is 5.75 Å². The lowest BCUT2D eigenvalue weighted by Crippen LogP contribution is -2.34. The van der Waals surface area contributed by atoms with Crippen LogP contribution in [0.2, 0.25) is 0 Å². The molecule has 1 N–H and O–H groups in total. The standard InChI is InChI=1S/C13H17FN2O2/c1-18-12-4-3-11(14)7-10(12)9-16-6-2-5-15-8-13(16)17/h3-4,7,15H,2,5-6,8-9H2,1H3. The van der Waals surface area contributed by atoms with E-state index in [2.05, 4.69) is 5.32 Å². The predicted molar refractivity (Wildman–Crippen MR) is 65.9 cm³/mol. The molecule has 0 aliphatic carbocycles. The molecule has 5 heteroatoms. The zero-order chi connectivity index (χ0) is 13.0. The highest BCUT2D eigenvalue weighted by atomic mass is 19.1. The van der Waals surface area contributed by atoms with Gasteiger partial charge in [0.25, 0.3) is 0 Å². The van der Waals surface area contributed by atoms with Crippen LogP contribution in [0.1, 0.15) is 12.0 Å². The second kappa shape index (κ2) is 5.82. The van der Waals surface area contributed by atoms with E-state index in [-0.39, 0.29) is 11.7 Å². The minimum absolute atomic E-state index is 0.0406. The van der Waals surface area contributed by atoms with E-state index in [0.29, 0.717) is 30.9 Å². The Balaban J connectivity index is 2.16. The Kier molecular flexibility index (Phi) is 4.15. The van der Waals surface area contributed by atoms with Gasteiger partial charge in [0.1, 0.15) is 11.6 Å². The van der Waals surface area contributed by atoms with Crippen LogP contribution in [0.5, 0.6) is 5.75 Å². The van der Waals surface area contributed by atoms with Crippen LogP contribution in [0.3, 0.4) is 0 Å². The smallest absolute Gasteiger partial charge is 0.236 e. The van der Waals surface area contributed by atoms with Crippen LogP contribution in [-0.2, 0) is 11.3 Å². The van der Waals surface area contributed by atoms with Crippen molar-refractivity contribution < 1.29 is 13.9 Å². The summed E-state index contributed by atoms with van der Waals surface area (Å²) in [5.74, 6) is 0.339. The zero-order valence-electron chi connectivity index (χ0n) is 10.4. The van der Waals surface area contributed by atoms with Gasteiger partial charge in [0.05, 0.1) is 13.7 Å². The second-order valence-electron chi connectivity index (χ2n) is 4.30. The maximum Gasteiger partial charge on any atom is 0.236 e. The number of rotatable bonds is 3. The molecule has 1 heterocycles. The van der Waals surface area contributed by atoms with Crippen molar-refractivity contribution >= 4 is 5.91 Å². The number of hydrogen-bond acceptors (Lipinski definition) is 3. The number of methoxy groups -OCH3 is 1. The van der Waals surface area contributed by atoms with E-state index < -0.39 is 0 Å². The topological polar surface area (TPSA) is 41.6 Å². The number of carbonyl (C=O) groups excluding carboxylic acids is 1. The van der Waals surface area contributed by atoms with E-state index in [9.17, 15) is 9.18 Å². The summed E-state index contributed by atoms with van der Waals surface area (Å²) in [6.07, 6.45) is 0.906. The average Bonchev–Trinajstić information content (AvgIpc) is 2.55. The molecule has 1 aliphatic rings. The Labute approximate surface area is 106 Å². The van der Waals surface area contributed by atoms with Crippen molar-refractivity contribution in [2.75, 3.05) is 26.7 Å².